The van der Waals surface area contributed by atoms with E-state index in [1.807, 2.05) is 80.6 Å². The molecule has 5 aromatic carbocycles. The van der Waals surface area contributed by atoms with Crippen LogP contribution in [0.25, 0.3) is 21.5 Å². The molecule has 0 spiro atoms. The number of fused-ring (bicyclic) bond motifs is 2. The number of aromatic nitrogens is 2. The van der Waals surface area contributed by atoms with Crippen LogP contribution in [-0.4, -0.2) is 15.4 Å². The molecule has 1 heterocycles. The van der Waals surface area contributed by atoms with E-state index in [1.165, 1.54) is 11.5 Å². The SMILES string of the molecule is CCC(C)Nc1ccc(/N=N/c2ccc(/N=N/c3ccc(/N=N/c4nc(C)ns4)c(C)c3)c3ccccc23)c2ccccc12. The molecule has 1 unspecified atom stereocenters. The lowest BCUT2D eigenvalue weighted by molar-refractivity contribution is 0.765. The molecule has 218 valence electrons. The highest BCUT2D eigenvalue weighted by Gasteiger charge is 2.09. The van der Waals surface area contributed by atoms with E-state index in [1.54, 1.807) is 0 Å². The Balaban J connectivity index is 1.26. The van der Waals surface area contributed by atoms with Gasteiger partial charge in [0.05, 0.1) is 28.4 Å². The lowest BCUT2D eigenvalue weighted by Gasteiger charge is -2.15. The number of nitrogens with one attached hydrogen (secondary N) is 1. The number of anilines is 1. The summed E-state index contributed by atoms with van der Waals surface area (Å²) in [5, 5.41) is 35.2. The van der Waals surface area contributed by atoms with Crippen LogP contribution in [0.2, 0.25) is 0 Å². The minimum Gasteiger partial charge on any atom is -0.382 e. The summed E-state index contributed by atoms with van der Waals surface area (Å²) in [5.41, 5.74) is 5.83. The first-order chi connectivity index (χ1) is 21.5. The number of rotatable bonds is 9. The average Bonchev–Trinajstić information content (AvgIpc) is 3.47. The van der Waals surface area contributed by atoms with Gasteiger partial charge in [-0.05, 0) is 75.2 Å². The number of benzene rings is 5. The quantitative estimate of drug-likeness (QED) is 0.167. The molecule has 0 aliphatic rings. The van der Waals surface area contributed by atoms with E-state index in [0.29, 0.717) is 17.0 Å². The minimum absolute atomic E-state index is 0.379. The van der Waals surface area contributed by atoms with Gasteiger partial charge in [-0.3, -0.25) is 0 Å². The molecule has 6 rings (SSSR count). The number of hydrogen-bond donors (Lipinski definition) is 1. The number of hydrogen-bond acceptors (Lipinski definition) is 10. The van der Waals surface area contributed by atoms with Crippen molar-refractivity contribution in [3.63, 3.8) is 0 Å². The fourth-order valence-electron chi connectivity index (χ4n) is 4.76. The van der Waals surface area contributed by atoms with Crippen molar-refractivity contribution in [1.29, 1.82) is 0 Å². The maximum atomic E-state index is 4.69. The third kappa shape index (κ3) is 6.40. The Labute approximate surface area is 259 Å². The van der Waals surface area contributed by atoms with Crippen LogP contribution in [-0.2, 0) is 0 Å². The van der Waals surface area contributed by atoms with E-state index in [2.05, 4.69) is 78.4 Å². The summed E-state index contributed by atoms with van der Waals surface area (Å²) in [7, 11) is 0. The second-order valence-electron chi connectivity index (χ2n) is 10.5. The van der Waals surface area contributed by atoms with E-state index in [-0.39, 0.29) is 0 Å². The Bertz CT molecular complexity index is 2040. The van der Waals surface area contributed by atoms with Crippen molar-refractivity contribution in [3.05, 3.63) is 102 Å². The van der Waals surface area contributed by atoms with Crippen LogP contribution in [0.5, 0.6) is 0 Å². The lowest BCUT2D eigenvalue weighted by Crippen LogP contribution is -2.13. The van der Waals surface area contributed by atoms with E-state index < -0.39 is 0 Å². The largest absolute Gasteiger partial charge is 0.382 e. The maximum Gasteiger partial charge on any atom is 0.249 e. The molecule has 0 amide bonds. The molecule has 0 aliphatic carbocycles. The van der Waals surface area contributed by atoms with E-state index in [0.717, 1.165) is 67.7 Å². The minimum atomic E-state index is 0.379. The first-order valence-corrected chi connectivity index (χ1v) is 15.2. The topological polar surface area (TPSA) is 112 Å². The molecule has 1 N–H and O–H groups in total. The van der Waals surface area contributed by atoms with Crippen LogP contribution in [0.4, 0.5) is 39.3 Å². The zero-order valence-electron chi connectivity index (χ0n) is 24.9. The fourth-order valence-corrected chi connectivity index (χ4v) is 5.27. The van der Waals surface area contributed by atoms with Crippen molar-refractivity contribution >= 4 is 72.3 Å². The molecule has 0 fully saturated rings. The first-order valence-electron chi connectivity index (χ1n) is 14.4. The van der Waals surface area contributed by atoms with Gasteiger partial charge in [-0.1, -0.05) is 55.5 Å². The third-order valence-electron chi connectivity index (χ3n) is 7.27. The van der Waals surface area contributed by atoms with E-state index in [4.69, 9.17) is 5.11 Å². The normalized spacial score (nSPS) is 12.7. The Morgan fingerprint density at radius 3 is 1.80 bits per heavy atom. The van der Waals surface area contributed by atoms with Gasteiger partial charge >= 0.3 is 0 Å². The second kappa shape index (κ2) is 13.0. The van der Waals surface area contributed by atoms with Gasteiger partial charge in [0.1, 0.15) is 5.82 Å². The summed E-state index contributed by atoms with van der Waals surface area (Å²) in [6.07, 6.45) is 1.05. The Morgan fingerprint density at radius 2 is 1.20 bits per heavy atom. The summed E-state index contributed by atoms with van der Waals surface area (Å²) < 4.78 is 4.13. The predicted octanol–water partition coefficient (Wildman–Crippen LogP) is 11.9. The van der Waals surface area contributed by atoms with Gasteiger partial charge in [-0.15, -0.1) is 25.6 Å². The summed E-state index contributed by atoms with van der Waals surface area (Å²) >= 11 is 1.22. The van der Waals surface area contributed by atoms with Gasteiger partial charge in [0.15, 0.2) is 0 Å². The first kappa shape index (κ1) is 28.9. The van der Waals surface area contributed by atoms with Crippen LogP contribution in [0.1, 0.15) is 31.7 Å². The maximum absolute atomic E-state index is 4.69. The van der Waals surface area contributed by atoms with Crippen molar-refractivity contribution in [2.45, 2.75) is 40.2 Å². The smallest absolute Gasteiger partial charge is 0.249 e. The molecule has 0 saturated carbocycles. The van der Waals surface area contributed by atoms with Gasteiger partial charge in [-0.2, -0.15) is 9.49 Å². The molecule has 0 bridgehead atoms. The lowest BCUT2D eigenvalue weighted by atomic mass is 10.1. The van der Waals surface area contributed by atoms with Crippen LogP contribution >= 0.6 is 11.5 Å². The van der Waals surface area contributed by atoms with E-state index in [9.17, 15) is 0 Å². The molecular weight excluding hydrogens is 567 g/mol. The van der Waals surface area contributed by atoms with Crippen molar-refractivity contribution < 1.29 is 0 Å². The summed E-state index contributed by atoms with van der Waals surface area (Å²) in [5.74, 6) is 0.689. The Hall–Kier alpha value is -5.22. The van der Waals surface area contributed by atoms with Crippen molar-refractivity contribution in [3.8, 4) is 0 Å². The summed E-state index contributed by atoms with van der Waals surface area (Å²) in [6, 6.07) is 30.4. The number of nitrogens with zero attached hydrogens (tertiary/aromatic N) is 8. The monoisotopic (exact) mass is 597 g/mol. The predicted molar refractivity (Wildman–Crippen MR) is 180 cm³/mol. The molecular formula is C34H31N9S. The fraction of sp³-hybridized carbons (Fsp3) is 0.176. The highest BCUT2D eigenvalue weighted by atomic mass is 32.1. The Morgan fingerprint density at radius 1 is 0.659 bits per heavy atom. The zero-order valence-corrected chi connectivity index (χ0v) is 25.7. The molecule has 1 aromatic heterocycles. The van der Waals surface area contributed by atoms with Crippen molar-refractivity contribution in [1.82, 2.24) is 9.36 Å². The highest BCUT2D eigenvalue weighted by Crippen LogP contribution is 2.37. The molecule has 6 aromatic rings. The van der Waals surface area contributed by atoms with Gasteiger partial charge < -0.3 is 5.32 Å². The molecule has 0 radical (unpaired) electrons. The molecule has 0 saturated heterocycles. The molecule has 1 atom stereocenters. The van der Waals surface area contributed by atoms with E-state index >= 15 is 0 Å². The third-order valence-corrected chi connectivity index (χ3v) is 7.96. The van der Waals surface area contributed by atoms with Crippen molar-refractivity contribution in [2.75, 3.05) is 5.32 Å². The zero-order chi connectivity index (χ0) is 30.5. The summed E-state index contributed by atoms with van der Waals surface area (Å²) in [6.45, 7) is 8.16. The Kier molecular flexibility index (Phi) is 8.51. The molecule has 10 heteroatoms. The van der Waals surface area contributed by atoms with Gasteiger partial charge in [0, 0.05) is 44.8 Å². The number of aryl methyl sites for hydroxylation is 2. The van der Waals surface area contributed by atoms with Crippen molar-refractivity contribution in [2.24, 2.45) is 30.7 Å². The standard InChI is InChI=1S/C34H31N9S/c1-5-22(3)35-30-16-17-32(26-11-7-6-10-25(26)30)40-41-33-19-18-31(27-12-8-9-13-28(27)33)39-37-24-14-15-29(21(2)20-24)38-42-34-36-23(4)43-44-34/h6-20,22,35H,5H2,1-4H3/b39-37+,41-40+,42-38+. The van der Waals surface area contributed by atoms with Crippen LogP contribution in [0.15, 0.2) is 122 Å². The van der Waals surface area contributed by atoms with Gasteiger partial charge in [0.2, 0.25) is 5.13 Å². The summed E-state index contributed by atoms with van der Waals surface area (Å²) in [4.78, 5) is 4.22. The molecule has 44 heavy (non-hydrogen) atoms. The average molecular weight is 598 g/mol. The second-order valence-corrected chi connectivity index (χ2v) is 11.2. The van der Waals surface area contributed by atoms with Crippen LogP contribution < -0.4 is 5.32 Å². The highest BCUT2D eigenvalue weighted by molar-refractivity contribution is 7.09. The van der Waals surface area contributed by atoms with Crippen LogP contribution in [0, 0.1) is 13.8 Å². The van der Waals surface area contributed by atoms with Gasteiger partial charge in [0.25, 0.3) is 0 Å². The van der Waals surface area contributed by atoms with Gasteiger partial charge in [-0.25, -0.2) is 4.98 Å². The van der Waals surface area contributed by atoms with Crippen LogP contribution in [0.3, 0.4) is 0 Å². The number of azo groups is 3. The molecule has 9 nitrogen and oxygen atoms in total. The molecule has 0 aliphatic heterocycles.